The molecule has 2 aromatic carbocycles. The molecule has 0 aliphatic rings. The van der Waals surface area contributed by atoms with E-state index in [1.54, 1.807) is 5.38 Å². The van der Waals surface area contributed by atoms with Crippen LogP contribution in [0.25, 0.3) is 11.1 Å². The number of hydrogen-bond acceptors (Lipinski definition) is 3. The average molecular weight is 333 g/mol. The lowest BCUT2D eigenvalue weighted by molar-refractivity contribution is 0.251. The SMILES string of the molecule is C#Cc1nc(NC(=O)NCc2ccc(-c3ccccc3)cc2)cs1. The van der Waals surface area contributed by atoms with E-state index >= 15 is 0 Å². The van der Waals surface area contributed by atoms with Gasteiger partial charge in [0, 0.05) is 11.9 Å². The number of thiazole rings is 1. The fourth-order valence-corrected chi connectivity index (χ4v) is 2.74. The first-order chi connectivity index (χ1) is 11.7. The van der Waals surface area contributed by atoms with E-state index in [0.717, 1.165) is 11.1 Å². The Balaban J connectivity index is 1.55. The van der Waals surface area contributed by atoms with Crippen LogP contribution in [0.1, 0.15) is 10.6 Å². The summed E-state index contributed by atoms with van der Waals surface area (Å²) in [5.74, 6) is 2.90. The summed E-state index contributed by atoms with van der Waals surface area (Å²) in [7, 11) is 0. The van der Waals surface area contributed by atoms with Crippen LogP contribution < -0.4 is 10.6 Å². The second-order valence-electron chi connectivity index (χ2n) is 5.05. The molecule has 4 nitrogen and oxygen atoms in total. The van der Waals surface area contributed by atoms with E-state index in [9.17, 15) is 4.79 Å². The highest BCUT2D eigenvalue weighted by Gasteiger charge is 2.05. The molecule has 2 N–H and O–H groups in total. The van der Waals surface area contributed by atoms with Crippen LogP contribution >= 0.6 is 11.3 Å². The second kappa shape index (κ2) is 7.44. The van der Waals surface area contributed by atoms with Crippen molar-refractivity contribution in [3.63, 3.8) is 0 Å². The fourth-order valence-electron chi connectivity index (χ4n) is 2.19. The topological polar surface area (TPSA) is 54.0 Å². The van der Waals surface area contributed by atoms with Gasteiger partial charge in [-0.25, -0.2) is 9.78 Å². The number of carbonyl (C=O) groups excluding carboxylic acids is 1. The first-order valence-corrected chi connectivity index (χ1v) is 8.24. The van der Waals surface area contributed by atoms with Crippen molar-refractivity contribution in [3.05, 3.63) is 70.5 Å². The van der Waals surface area contributed by atoms with Crippen LogP contribution in [-0.2, 0) is 6.54 Å². The molecule has 0 radical (unpaired) electrons. The predicted octanol–water partition coefficient (Wildman–Crippen LogP) is 4.11. The predicted molar refractivity (Wildman–Crippen MR) is 97.8 cm³/mol. The molecule has 0 spiro atoms. The molecule has 1 aromatic heterocycles. The normalized spacial score (nSPS) is 9.96. The molecule has 0 aliphatic carbocycles. The maximum absolute atomic E-state index is 11.9. The summed E-state index contributed by atoms with van der Waals surface area (Å²) >= 11 is 1.32. The van der Waals surface area contributed by atoms with Gasteiger partial charge in [0.1, 0.15) is 5.82 Å². The highest BCUT2D eigenvalue weighted by Crippen LogP contribution is 2.19. The standard InChI is InChI=1S/C19H15N3OS/c1-2-18-21-17(13-24-18)22-19(23)20-12-14-8-10-16(11-9-14)15-6-4-3-5-7-15/h1,3-11,13H,12H2,(H2,20,22,23). The lowest BCUT2D eigenvalue weighted by Crippen LogP contribution is -2.28. The lowest BCUT2D eigenvalue weighted by atomic mass is 10.0. The van der Waals surface area contributed by atoms with Gasteiger partial charge in [0.25, 0.3) is 0 Å². The first-order valence-electron chi connectivity index (χ1n) is 7.36. The van der Waals surface area contributed by atoms with Crippen LogP contribution in [0.3, 0.4) is 0 Å². The van der Waals surface area contributed by atoms with E-state index < -0.39 is 0 Å². The van der Waals surface area contributed by atoms with Crippen molar-refractivity contribution in [1.82, 2.24) is 10.3 Å². The lowest BCUT2D eigenvalue weighted by Gasteiger charge is -2.07. The van der Waals surface area contributed by atoms with Crippen molar-refractivity contribution in [2.45, 2.75) is 6.54 Å². The molecule has 3 rings (SSSR count). The zero-order valence-corrected chi connectivity index (χ0v) is 13.6. The Bertz CT molecular complexity index is 864. The number of nitrogens with zero attached hydrogens (tertiary/aromatic N) is 1. The summed E-state index contributed by atoms with van der Waals surface area (Å²) in [5.41, 5.74) is 3.34. The van der Waals surface area contributed by atoms with Crippen molar-refractivity contribution in [2.75, 3.05) is 5.32 Å². The minimum absolute atomic E-state index is 0.309. The molecule has 24 heavy (non-hydrogen) atoms. The van der Waals surface area contributed by atoms with Gasteiger partial charge in [-0.15, -0.1) is 17.8 Å². The number of nitrogens with one attached hydrogen (secondary N) is 2. The highest BCUT2D eigenvalue weighted by atomic mass is 32.1. The maximum Gasteiger partial charge on any atom is 0.320 e. The number of rotatable bonds is 4. The molecule has 0 saturated carbocycles. The number of hydrogen-bond donors (Lipinski definition) is 2. The van der Waals surface area contributed by atoms with Gasteiger partial charge < -0.3 is 5.32 Å². The molecular weight excluding hydrogens is 318 g/mol. The Morgan fingerprint density at radius 2 is 1.79 bits per heavy atom. The molecule has 2 amide bonds. The zero-order chi connectivity index (χ0) is 16.8. The largest absolute Gasteiger partial charge is 0.334 e. The van der Waals surface area contributed by atoms with E-state index in [1.165, 1.54) is 16.9 Å². The van der Waals surface area contributed by atoms with Gasteiger partial charge in [-0.2, -0.15) is 0 Å². The Morgan fingerprint density at radius 3 is 2.46 bits per heavy atom. The Labute approximate surface area is 144 Å². The number of carbonyl (C=O) groups is 1. The molecule has 3 aromatic rings. The van der Waals surface area contributed by atoms with Crippen molar-refractivity contribution in [2.24, 2.45) is 0 Å². The van der Waals surface area contributed by atoms with E-state index in [-0.39, 0.29) is 6.03 Å². The van der Waals surface area contributed by atoms with Crippen LogP contribution in [0.5, 0.6) is 0 Å². The summed E-state index contributed by atoms with van der Waals surface area (Å²) in [4.78, 5) is 15.9. The van der Waals surface area contributed by atoms with Gasteiger partial charge >= 0.3 is 6.03 Å². The zero-order valence-electron chi connectivity index (χ0n) is 12.8. The molecule has 0 atom stereocenters. The summed E-state index contributed by atoms with van der Waals surface area (Å²) in [6, 6.07) is 17.9. The van der Waals surface area contributed by atoms with Crippen LogP contribution in [0.15, 0.2) is 60.0 Å². The molecule has 1 heterocycles. The Kier molecular flexibility index (Phi) is 4.90. The third-order valence-electron chi connectivity index (χ3n) is 3.38. The monoisotopic (exact) mass is 333 g/mol. The molecular formula is C19H15N3OS. The molecule has 0 aliphatic heterocycles. The van der Waals surface area contributed by atoms with Crippen molar-refractivity contribution >= 4 is 23.2 Å². The van der Waals surface area contributed by atoms with E-state index in [4.69, 9.17) is 6.42 Å². The van der Waals surface area contributed by atoms with E-state index in [2.05, 4.69) is 33.7 Å². The molecule has 118 valence electrons. The van der Waals surface area contributed by atoms with Gasteiger partial charge in [0.15, 0.2) is 5.01 Å². The first kappa shape index (κ1) is 15.8. The number of amides is 2. The van der Waals surface area contributed by atoms with E-state index in [0.29, 0.717) is 17.4 Å². The minimum atomic E-state index is -0.309. The maximum atomic E-state index is 11.9. The Morgan fingerprint density at radius 1 is 1.08 bits per heavy atom. The number of terminal acetylenes is 1. The fraction of sp³-hybridized carbons (Fsp3) is 0.0526. The van der Waals surface area contributed by atoms with Gasteiger partial charge in [0.2, 0.25) is 0 Å². The summed E-state index contributed by atoms with van der Waals surface area (Å²) in [6.45, 7) is 0.438. The van der Waals surface area contributed by atoms with Crippen LogP contribution in [0.2, 0.25) is 0 Å². The molecule has 0 fully saturated rings. The third-order valence-corrected chi connectivity index (χ3v) is 4.16. The van der Waals surface area contributed by atoms with Gasteiger partial charge in [0.05, 0.1) is 0 Å². The number of aromatic nitrogens is 1. The second-order valence-corrected chi connectivity index (χ2v) is 5.91. The van der Waals surface area contributed by atoms with E-state index in [1.807, 2.05) is 42.5 Å². The summed E-state index contributed by atoms with van der Waals surface area (Å²) < 4.78 is 0. The van der Waals surface area contributed by atoms with Crippen molar-refractivity contribution in [3.8, 4) is 23.5 Å². The van der Waals surface area contributed by atoms with Crippen molar-refractivity contribution in [1.29, 1.82) is 0 Å². The number of urea groups is 1. The van der Waals surface area contributed by atoms with Gasteiger partial charge in [-0.3, -0.25) is 5.32 Å². The summed E-state index contributed by atoms with van der Waals surface area (Å²) in [6.07, 6.45) is 5.25. The molecule has 0 unspecified atom stereocenters. The third kappa shape index (κ3) is 4.00. The van der Waals surface area contributed by atoms with Crippen molar-refractivity contribution < 1.29 is 4.79 Å². The smallest absolute Gasteiger partial charge is 0.320 e. The summed E-state index contributed by atoms with van der Waals surface area (Å²) in [5, 5.41) is 7.71. The average Bonchev–Trinajstić information content (AvgIpc) is 3.09. The quantitative estimate of drug-likeness (QED) is 0.706. The molecule has 5 heteroatoms. The van der Waals surface area contributed by atoms with Crippen LogP contribution in [0, 0.1) is 12.3 Å². The van der Waals surface area contributed by atoms with Crippen LogP contribution in [0.4, 0.5) is 10.6 Å². The highest BCUT2D eigenvalue weighted by molar-refractivity contribution is 7.10. The minimum Gasteiger partial charge on any atom is -0.334 e. The van der Waals surface area contributed by atoms with Gasteiger partial charge in [-0.05, 0) is 22.6 Å². The van der Waals surface area contributed by atoms with Crippen LogP contribution in [-0.4, -0.2) is 11.0 Å². The number of benzene rings is 2. The Hall–Kier alpha value is -3.10. The number of anilines is 1. The molecule has 0 saturated heterocycles. The van der Waals surface area contributed by atoms with Gasteiger partial charge in [-0.1, -0.05) is 54.6 Å². The molecule has 0 bridgehead atoms.